The molecule has 5 heteroatoms. The molecule has 1 fully saturated rings. The molecular weight excluding hydrogens is 268 g/mol. The van der Waals surface area contributed by atoms with Crippen LogP contribution >= 0.6 is 0 Å². The van der Waals surface area contributed by atoms with Crippen LogP contribution in [0.4, 0.5) is 5.69 Å². The van der Waals surface area contributed by atoms with Gasteiger partial charge in [-0.05, 0) is 43.9 Å². The highest BCUT2D eigenvalue weighted by atomic mass is 16.4. The molecular formula is C16H22N2O3. The number of aromatic carboxylic acids is 1. The topological polar surface area (TPSA) is 92.4 Å². The molecule has 0 aromatic heterocycles. The Bertz CT molecular complexity index is 542. The maximum atomic E-state index is 12.5. The maximum absolute atomic E-state index is 12.5. The third kappa shape index (κ3) is 3.42. The van der Waals surface area contributed by atoms with Crippen molar-refractivity contribution in [1.82, 2.24) is 0 Å². The second kappa shape index (κ2) is 6.72. The number of hydrogen-bond acceptors (Lipinski definition) is 3. The van der Waals surface area contributed by atoms with Gasteiger partial charge in [0.1, 0.15) is 0 Å². The summed E-state index contributed by atoms with van der Waals surface area (Å²) in [6, 6.07) is 5.11. The first-order chi connectivity index (χ1) is 10.0. The molecule has 0 heterocycles. The van der Waals surface area contributed by atoms with E-state index in [0.717, 1.165) is 25.7 Å². The quantitative estimate of drug-likeness (QED) is 0.794. The van der Waals surface area contributed by atoms with Crippen LogP contribution in [-0.4, -0.2) is 23.5 Å². The molecule has 2 unspecified atom stereocenters. The van der Waals surface area contributed by atoms with E-state index in [1.807, 2.05) is 0 Å². The third-order valence-electron chi connectivity index (χ3n) is 4.29. The minimum atomic E-state index is -1.03. The predicted molar refractivity (Wildman–Crippen MR) is 81.3 cm³/mol. The number of hydrogen-bond donors (Lipinski definition) is 3. The number of aryl methyl sites for hydroxylation is 1. The Hall–Kier alpha value is -1.88. The maximum Gasteiger partial charge on any atom is 0.338 e. The van der Waals surface area contributed by atoms with E-state index in [1.165, 1.54) is 0 Å². The van der Waals surface area contributed by atoms with Crippen molar-refractivity contribution in [2.75, 3.05) is 11.9 Å². The number of carbonyl (C=O) groups excluding carboxylic acids is 1. The Labute approximate surface area is 124 Å². The van der Waals surface area contributed by atoms with E-state index < -0.39 is 5.97 Å². The van der Waals surface area contributed by atoms with Crippen LogP contribution in [0.3, 0.4) is 0 Å². The van der Waals surface area contributed by atoms with Crippen molar-refractivity contribution >= 4 is 17.6 Å². The summed E-state index contributed by atoms with van der Waals surface area (Å²) in [5.74, 6) is -1.07. The van der Waals surface area contributed by atoms with E-state index in [9.17, 15) is 14.7 Å². The van der Waals surface area contributed by atoms with Gasteiger partial charge >= 0.3 is 5.97 Å². The molecule has 1 saturated carbocycles. The van der Waals surface area contributed by atoms with Crippen molar-refractivity contribution in [1.29, 1.82) is 0 Å². The highest BCUT2D eigenvalue weighted by Crippen LogP contribution is 2.31. The van der Waals surface area contributed by atoms with Crippen molar-refractivity contribution in [3.63, 3.8) is 0 Å². The Balaban J connectivity index is 2.19. The summed E-state index contributed by atoms with van der Waals surface area (Å²) in [6.45, 7) is 2.22. The largest absolute Gasteiger partial charge is 0.478 e. The summed E-state index contributed by atoms with van der Waals surface area (Å²) in [6.07, 6.45) is 3.92. The molecule has 2 atom stereocenters. The van der Waals surface area contributed by atoms with Crippen LogP contribution in [0.1, 0.15) is 41.6 Å². The number of anilines is 1. The van der Waals surface area contributed by atoms with Gasteiger partial charge in [-0.1, -0.05) is 25.0 Å². The zero-order chi connectivity index (χ0) is 15.4. The number of carbonyl (C=O) groups is 2. The van der Waals surface area contributed by atoms with Gasteiger partial charge < -0.3 is 16.2 Å². The molecule has 2 rings (SSSR count). The second-order valence-corrected chi connectivity index (χ2v) is 5.68. The predicted octanol–water partition coefficient (Wildman–Crippen LogP) is 2.40. The smallest absolute Gasteiger partial charge is 0.338 e. The minimum absolute atomic E-state index is 0.113. The molecule has 4 N–H and O–H groups in total. The molecule has 0 spiro atoms. The normalized spacial score (nSPS) is 21.8. The molecule has 1 aromatic rings. The average molecular weight is 290 g/mol. The standard InChI is InChI=1S/C16H22N2O3/c1-10-5-4-8-13(14(10)16(20)21)18-15(19)12-7-3-2-6-11(12)9-17/h4-5,8,11-12H,2-3,6-7,9,17H2,1H3,(H,18,19)(H,20,21). The summed E-state index contributed by atoms with van der Waals surface area (Å²) in [5, 5.41) is 12.1. The lowest BCUT2D eigenvalue weighted by molar-refractivity contribution is -0.122. The number of nitrogens with one attached hydrogen (secondary N) is 1. The number of benzene rings is 1. The number of carboxylic acid groups (broad SMARTS) is 1. The summed E-state index contributed by atoms with van der Waals surface area (Å²) >= 11 is 0. The van der Waals surface area contributed by atoms with E-state index >= 15 is 0 Å². The fourth-order valence-corrected chi connectivity index (χ4v) is 3.12. The molecule has 0 saturated heterocycles. The number of carboxylic acids is 1. The van der Waals surface area contributed by atoms with Crippen LogP contribution < -0.4 is 11.1 Å². The lowest BCUT2D eigenvalue weighted by Gasteiger charge is -2.29. The Morgan fingerprint density at radius 2 is 2.05 bits per heavy atom. The van der Waals surface area contributed by atoms with Gasteiger partial charge in [-0.25, -0.2) is 4.79 Å². The third-order valence-corrected chi connectivity index (χ3v) is 4.29. The van der Waals surface area contributed by atoms with Gasteiger partial charge in [0.15, 0.2) is 0 Å². The Kier molecular flexibility index (Phi) is 4.96. The molecule has 0 aliphatic heterocycles. The molecule has 1 aliphatic carbocycles. The molecule has 1 aliphatic rings. The van der Waals surface area contributed by atoms with Crippen LogP contribution in [0, 0.1) is 18.8 Å². The van der Waals surface area contributed by atoms with Crippen LogP contribution in [0.25, 0.3) is 0 Å². The van der Waals surface area contributed by atoms with Gasteiger partial charge in [0.25, 0.3) is 0 Å². The summed E-state index contributed by atoms with van der Waals surface area (Å²) in [4.78, 5) is 23.8. The van der Waals surface area contributed by atoms with Gasteiger partial charge in [0.05, 0.1) is 11.3 Å². The first-order valence-corrected chi connectivity index (χ1v) is 7.38. The van der Waals surface area contributed by atoms with Crippen LogP contribution in [0.2, 0.25) is 0 Å². The van der Waals surface area contributed by atoms with Crippen molar-refractivity contribution in [3.05, 3.63) is 29.3 Å². The number of rotatable bonds is 4. The van der Waals surface area contributed by atoms with Crippen molar-refractivity contribution in [3.8, 4) is 0 Å². The van der Waals surface area contributed by atoms with E-state index in [4.69, 9.17) is 5.73 Å². The monoisotopic (exact) mass is 290 g/mol. The molecule has 5 nitrogen and oxygen atoms in total. The molecule has 0 radical (unpaired) electrons. The lowest BCUT2D eigenvalue weighted by Crippen LogP contribution is -2.36. The minimum Gasteiger partial charge on any atom is -0.478 e. The fourth-order valence-electron chi connectivity index (χ4n) is 3.12. The highest BCUT2D eigenvalue weighted by Gasteiger charge is 2.30. The van der Waals surface area contributed by atoms with Crippen LogP contribution in [-0.2, 0) is 4.79 Å². The van der Waals surface area contributed by atoms with Gasteiger partial charge in [-0.3, -0.25) is 4.79 Å². The van der Waals surface area contributed by atoms with Crippen LogP contribution in [0.15, 0.2) is 18.2 Å². The number of nitrogens with two attached hydrogens (primary N) is 1. The Morgan fingerprint density at radius 1 is 1.33 bits per heavy atom. The molecule has 0 bridgehead atoms. The zero-order valence-electron chi connectivity index (χ0n) is 12.3. The SMILES string of the molecule is Cc1cccc(NC(=O)C2CCCCC2CN)c1C(=O)O. The summed E-state index contributed by atoms with van der Waals surface area (Å²) in [5.41, 5.74) is 6.92. The van der Waals surface area contributed by atoms with Gasteiger partial charge in [-0.15, -0.1) is 0 Å². The van der Waals surface area contributed by atoms with E-state index in [-0.39, 0.29) is 23.3 Å². The molecule has 1 amide bonds. The van der Waals surface area contributed by atoms with Gasteiger partial charge in [0.2, 0.25) is 5.91 Å². The van der Waals surface area contributed by atoms with E-state index in [1.54, 1.807) is 25.1 Å². The number of amides is 1. The van der Waals surface area contributed by atoms with Crippen LogP contribution in [0.5, 0.6) is 0 Å². The molecule has 21 heavy (non-hydrogen) atoms. The summed E-state index contributed by atoms with van der Waals surface area (Å²) < 4.78 is 0. The lowest BCUT2D eigenvalue weighted by atomic mass is 9.78. The van der Waals surface area contributed by atoms with Crippen molar-refractivity contribution in [2.24, 2.45) is 17.6 Å². The first kappa shape index (κ1) is 15.5. The Morgan fingerprint density at radius 3 is 2.71 bits per heavy atom. The van der Waals surface area contributed by atoms with Crippen molar-refractivity contribution in [2.45, 2.75) is 32.6 Å². The van der Waals surface area contributed by atoms with Crippen molar-refractivity contribution < 1.29 is 14.7 Å². The van der Waals surface area contributed by atoms with E-state index in [2.05, 4.69) is 5.32 Å². The fraction of sp³-hybridized carbons (Fsp3) is 0.500. The summed E-state index contributed by atoms with van der Waals surface area (Å²) in [7, 11) is 0. The van der Waals surface area contributed by atoms with Gasteiger partial charge in [-0.2, -0.15) is 0 Å². The highest BCUT2D eigenvalue weighted by molar-refractivity contribution is 6.02. The first-order valence-electron chi connectivity index (χ1n) is 7.38. The second-order valence-electron chi connectivity index (χ2n) is 5.68. The van der Waals surface area contributed by atoms with Gasteiger partial charge in [0, 0.05) is 5.92 Å². The molecule has 114 valence electrons. The zero-order valence-corrected chi connectivity index (χ0v) is 12.3. The average Bonchev–Trinajstić information content (AvgIpc) is 2.46. The van der Waals surface area contributed by atoms with E-state index in [0.29, 0.717) is 17.8 Å². The molecule has 1 aromatic carbocycles.